The molecular weight excluding hydrogens is 90.1 g/mol. The third kappa shape index (κ3) is 2.05. The van der Waals surface area contributed by atoms with Gasteiger partial charge in [-0.2, -0.15) is 0 Å². The summed E-state index contributed by atoms with van der Waals surface area (Å²) in [5.74, 6) is 0. The van der Waals surface area contributed by atoms with Crippen LogP contribution in [-0.4, -0.2) is 6.04 Å². The summed E-state index contributed by atoms with van der Waals surface area (Å²) < 4.78 is 0. The van der Waals surface area contributed by atoms with Gasteiger partial charge in [-0.15, -0.1) is 0 Å². The molecule has 0 radical (unpaired) electrons. The Labute approximate surface area is 43.2 Å². The smallest absolute Gasteiger partial charge is 0.0428 e. The normalized spacial score (nSPS) is 16.6. The van der Waals surface area contributed by atoms with E-state index in [2.05, 4.69) is 0 Å². The number of hydrogen-bond acceptors (Lipinski definition) is 3. The van der Waals surface area contributed by atoms with Gasteiger partial charge in [0.15, 0.2) is 0 Å². The summed E-state index contributed by atoms with van der Waals surface area (Å²) >= 11 is 0. The molecule has 0 spiro atoms. The van der Waals surface area contributed by atoms with Crippen LogP contribution in [0.4, 0.5) is 0 Å². The molecule has 0 aliphatic heterocycles. The van der Waals surface area contributed by atoms with E-state index in [0.717, 1.165) is 0 Å². The Bertz CT molecular complexity index is 75.0. The standard InChI is InChI=1S/C4H11N3/c1-3(6)4(7)2-5/h2-3H,5-7H2,1H3/b4-2+. The molecule has 1 unspecified atom stereocenters. The van der Waals surface area contributed by atoms with Crippen LogP contribution in [0.3, 0.4) is 0 Å². The number of rotatable bonds is 1. The fraction of sp³-hybridized carbons (Fsp3) is 0.500. The second-order valence-electron chi connectivity index (χ2n) is 1.46. The monoisotopic (exact) mass is 101 g/mol. The van der Waals surface area contributed by atoms with Gasteiger partial charge in [0, 0.05) is 17.9 Å². The Morgan fingerprint density at radius 3 is 2.14 bits per heavy atom. The molecule has 0 aromatic carbocycles. The molecule has 0 saturated heterocycles. The van der Waals surface area contributed by atoms with Crippen molar-refractivity contribution in [1.82, 2.24) is 0 Å². The van der Waals surface area contributed by atoms with Gasteiger partial charge >= 0.3 is 0 Å². The van der Waals surface area contributed by atoms with Crippen molar-refractivity contribution in [1.29, 1.82) is 0 Å². The van der Waals surface area contributed by atoms with Gasteiger partial charge in [0.1, 0.15) is 0 Å². The molecule has 1 atom stereocenters. The van der Waals surface area contributed by atoms with Gasteiger partial charge in [-0.3, -0.25) is 0 Å². The van der Waals surface area contributed by atoms with E-state index in [0.29, 0.717) is 5.70 Å². The molecule has 3 nitrogen and oxygen atoms in total. The lowest BCUT2D eigenvalue weighted by molar-refractivity contribution is 0.842. The van der Waals surface area contributed by atoms with Crippen LogP contribution in [0, 0.1) is 0 Å². The van der Waals surface area contributed by atoms with E-state index in [1.165, 1.54) is 6.20 Å². The molecule has 6 N–H and O–H groups in total. The van der Waals surface area contributed by atoms with E-state index >= 15 is 0 Å². The Kier molecular flexibility index (Phi) is 2.22. The largest absolute Gasteiger partial charge is 0.403 e. The molecule has 3 heteroatoms. The molecule has 0 saturated carbocycles. The minimum absolute atomic E-state index is 0.120. The zero-order valence-electron chi connectivity index (χ0n) is 4.39. The summed E-state index contributed by atoms with van der Waals surface area (Å²) in [5.41, 5.74) is 16.0. The average Bonchev–Trinajstić information content (AvgIpc) is 1.65. The Balaban J connectivity index is 3.56. The maximum absolute atomic E-state index is 5.27. The second kappa shape index (κ2) is 2.47. The molecule has 0 heterocycles. The van der Waals surface area contributed by atoms with Gasteiger partial charge in [0.2, 0.25) is 0 Å². The van der Waals surface area contributed by atoms with Crippen LogP contribution in [0.15, 0.2) is 11.9 Å². The van der Waals surface area contributed by atoms with Crippen LogP contribution in [0.1, 0.15) is 6.92 Å². The Morgan fingerprint density at radius 1 is 1.71 bits per heavy atom. The molecule has 0 aromatic rings. The molecule has 0 fully saturated rings. The zero-order chi connectivity index (χ0) is 5.86. The van der Waals surface area contributed by atoms with Crippen molar-refractivity contribution >= 4 is 0 Å². The topological polar surface area (TPSA) is 78.1 Å². The van der Waals surface area contributed by atoms with Crippen molar-refractivity contribution in [3.05, 3.63) is 11.9 Å². The van der Waals surface area contributed by atoms with E-state index in [1.807, 2.05) is 0 Å². The van der Waals surface area contributed by atoms with Crippen LogP contribution in [0.2, 0.25) is 0 Å². The van der Waals surface area contributed by atoms with Crippen LogP contribution in [0.25, 0.3) is 0 Å². The fourth-order valence-corrected chi connectivity index (χ4v) is 0.152. The predicted octanol–water partition coefficient (Wildman–Crippen LogP) is -0.908. The molecule has 0 aromatic heterocycles. The van der Waals surface area contributed by atoms with Crippen LogP contribution < -0.4 is 17.2 Å². The van der Waals surface area contributed by atoms with E-state index in [4.69, 9.17) is 17.2 Å². The van der Waals surface area contributed by atoms with Crippen LogP contribution in [-0.2, 0) is 0 Å². The van der Waals surface area contributed by atoms with Gasteiger partial charge in [0.25, 0.3) is 0 Å². The summed E-state index contributed by atoms with van der Waals surface area (Å²) in [6, 6.07) is -0.120. The molecule has 42 valence electrons. The first-order valence-electron chi connectivity index (χ1n) is 2.11. The van der Waals surface area contributed by atoms with Crippen molar-refractivity contribution in [2.24, 2.45) is 17.2 Å². The summed E-state index contributed by atoms with van der Waals surface area (Å²) in [5, 5.41) is 0. The number of hydrogen-bond donors (Lipinski definition) is 3. The molecule has 0 bridgehead atoms. The first kappa shape index (κ1) is 6.30. The SMILES string of the molecule is CC(N)/C(N)=C\N. The van der Waals surface area contributed by atoms with Crippen LogP contribution in [0.5, 0.6) is 0 Å². The van der Waals surface area contributed by atoms with E-state index in [9.17, 15) is 0 Å². The summed E-state index contributed by atoms with van der Waals surface area (Å²) in [6.45, 7) is 1.78. The summed E-state index contributed by atoms with van der Waals surface area (Å²) in [4.78, 5) is 0. The fourth-order valence-electron chi connectivity index (χ4n) is 0.152. The van der Waals surface area contributed by atoms with Gasteiger partial charge in [0.05, 0.1) is 0 Å². The van der Waals surface area contributed by atoms with Crippen LogP contribution >= 0.6 is 0 Å². The van der Waals surface area contributed by atoms with E-state index in [1.54, 1.807) is 6.92 Å². The maximum Gasteiger partial charge on any atom is 0.0428 e. The second-order valence-corrected chi connectivity index (χ2v) is 1.46. The van der Waals surface area contributed by atoms with Crippen molar-refractivity contribution in [3.63, 3.8) is 0 Å². The average molecular weight is 101 g/mol. The third-order valence-corrected chi connectivity index (χ3v) is 0.718. The molecule has 7 heavy (non-hydrogen) atoms. The van der Waals surface area contributed by atoms with Gasteiger partial charge in [-0.25, -0.2) is 0 Å². The maximum atomic E-state index is 5.27. The minimum atomic E-state index is -0.120. The lowest BCUT2D eigenvalue weighted by atomic mass is 10.3. The van der Waals surface area contributed by atoms with Gasteiger partial charge < -0.3 is 17.2 Å². The molecule has 0 amide bonds. The highest BCUT2D eigenvalue weighted by atomic mass is 14.7. The van der Waals surface area contributed by atoms with Crippen molar-refractivity contribution in [2.75, 3.05) is 0 Å². The summed E-state index contributed by atoms with van der Waals surface area (Å²) in [7, 11) is 0. The van der Waals surface area contributed by atoms with Gasteiger partial charge in [-0.05, 0) is 6.92 Å². The Hall–Kier alpha value is -0.700. The Morgan fingerprint density at radius 2 is 2.14 bits per heavy atom. The van der Waals surface area contributed by atoms with Gasteiger partial charge in [-0.1, -0.05) is 0 Å². The molecule has 0 aliphatic rings. The first-order chi connectivity index (χ1) is 3.18. The predicted molar refractivity (Wildman–Crippen MR) is 30.1 cm³/mol. The first-order valence-corrected chi connectivity index (χ1v) is 2.11. The van der Waals surface area contributed by atoms with E-state index in [-0.39, 0.29) is 6.04 Å². The highest BCUT2D eigenvalue weighted by Gasteiger charge is 1.91. The lowest BCUT2D eigenvalue weighted by Crippen LogP contribution is -2.24. The quantitative estimate of drug-likeness (QED) is 0.400. The highest BCUT2D eigenvalue weighted by molar-refractivity contribution is 5.00. The number of nitrogens with two attached hydrogens (primary N) is 3. The highest BCUT2D eigenvalue weighted by Crippen LogP contribution is 1.82. The molecule has 0 rings (SSSR count). The lowest BCUT2D eigenvalue weighted by Gasteiger charge is -2.00. The van der Waals surface area contributed by atoms with E-state index < -0.39 is 0 Å². The van der Waals surface area contributed by atoms with Crippen molar-refractivity contribution < 1.29 is 0 Å². The molecular formula is C4H11N3. The minimum Gasteiger partial charge on any atom is -0.403 e. The van der Waals surface area contributed by atoms with Crippen molar-refractivity contribution in [2.45, 2.75) is 13.0 Å². The van der Waals surface area contributed by atoms with Crippen molar-refractivity contribution in [3.8, 4) is 0 Å². The summed E-state index contributed by atoms with van der Waals surface area (Å²) in [6.07, 6.45) is 1.31. The molecule has 0 aliphatic carbocycles. The zero-order valence-corrected chi connectivity index (χ0v) is 4.39. The third-order valence-electron chi connectivity index (χ3n) is 0.718.